The van der Waals surface area contributed by atoms with Crippen molar-refractivity contribution >= 4 is 23.6 Å². The lowest BCUT2D eigenvalue weighted by molar-refractivity contribution is -0.144. The molecule has 0 bridgehead atoms. The third-order valence-electron chi connectivity index (χ3n) is 2.09. The van der Waals surface area contributed by atoms with Gasteiger partial charge in [-0.3, -0.25) is 4.79 Å². The van der Waals surface area contributed by atoms with E-state index >= 15 is 0 Å². The van der Waals surface area contributed by atoms with Crippen molar-refractivity contribution in [3.05, 3.63) is 40.9 Å². The number of aliphatic hydroxyl groups excluding tert-OH is 1. The van der Waals surface area contributed by atoms with E-state index in [1.54, 1.807) is 13.0 Å². The second kappa shape index (κ2) is 7.09. The fourth-order valence-corrected chi connectivity index (χ4v) is 1.48. The molecule has 0 aliphatic heterocycles. The summed E-state index contributed by atoms with van der Waals surface area (Å²) in [5, 5.41) is 9.90. The molecule has 0 spiro atoms. The van der Waals surface area contributed by atoms with Gasteiger partial charge in [0.25, 0.3) is 0 Å². The van der Waals surface area contributed by atoms with Crippen LogP contribution in [-0.2, 0) is 9.53 Å². The normalized spacial score (nSPS) is 13.2. The fourth-order valence-electron chi connectivity index (χ4n) is 1.28. The highest BCUT2D eigenvalue weighted by Gasteiger charge is 2.14. The molecule has 0 aliphatic carbocycles. The monoisotopic (exact) mass is 254 g/mol. The van der Waals surface area contributed by atoms with Crippen LogP contribution < -0.4 is 0 Å². The van der Waals surface area contributed by atoms with Crippen molar-refractivity contribution in [3.8, 4) is 0 Å². The van der Waals surface area contributed by atoms with Gasteiger partial charge in [0.1, 0.15) is 0 Å². The van der Waals surface area contributed by atoms with E-state index < -0.39 is 12.1 Å². The zero-order valence-electron chi connectivity index (χ0n) is 9.60. The minimum atomic E-state index is -1.02. The van der Waals surface area contributed by atoms with Crippen LogP contribution in [0, 0.1) is 0 Å². The van der Waals surface area contributed by atoms with Crippen molar-refractivity contribution in [1.29, 1.82) is 0 Å². The predicted molar refractivity (Wildman–Crippen MR) is 67.5 cm³/mol. The second-order valence-corrected chi connectivity index (χ2v) is 3.90. The largest absolute Gasteiger partial charge is 0.466 e. The molecule has 17 heavy (non-hydrogen) atoms. The number of ether oxygens (including phenoxy) is 1. The highest BCUT2D eigenvalue weighted by Crippen LogP contribution is 2.16. The topological polar surface area (TPSA) is 46.5 Å². The van der Waals surface area contributed by atoms with E-state index in [2.05, 4.69) is 0 Å². The molecule has 0 aromatic heterocycles. The first-order valence-corrected chi connectivity index (χ1v) is 5.77. The molecule has 0 amide bonds. The molecule has 0 fully saturated rings. The summed E-state index contributed by atoms with van der Waals surface area (Å²) in [7, 11) is 0. The molecule has 1 atom stereocenters. The summed E-state index contributed by atoms with van der Waals surface area (Å²) >= 11 is 5.91. The number of benzene rings is 1. The Balaban J connectivity index is 2.60. The summed E-state index contributed by atoms with van der Waals surface area (Å²) in [4.78, 5) is 11.1. The lowest BCUT2D eigenvalue weighted by Crippen LogP contribution is -2.15. The molecule has 4 heteroatoms. The standard InChI is InChI=1S/C13H15ClO3/c1-2-17-13(16)9-12(15)11(14)8-10-6-4-3-5-7-10/h3-8,12,15H,2,9H2,1H3/b11-8-/t12-/m1/s1. The van der Waals surface area contributed by atoms with Crippen molar-refractivity contribution in [3.63, 3.8) is 0 Å². The maximum Gasteiger partial charge on any atom is 0.308 e. The van der Waals surface area contributed by atoms with Gasteiger partial charge in [-0.2, -0.15) is 0 Å². The van der Waals surface area contributed by atoms with Gasteiger partial charge in [-0.25, -0.2) is 0 Å². The second-order valence-electron chi connectivity index (χ2n) is 3.46. The summed E-state index contributed by atoms with van der Waals surface area (Å²) in [5.74, 6) is -0.459. The first kappa shape index (κ1) is 13.7. The maximum atomic E-state index is 11.1. The Morgan fingerprint density at radius 3 is 2.71 bits per heavy atom. The Kier molecular flexibility index (Phi) is 5.73. The van der Waals surface area contributed by atoms with Gasteiger partial charge >= 0.3 is 5.97 Å². The molecule has 0 heterocycles. The quantitative estimate of drug-likeness (QED) is 0.822. The lowest BCUT2D eigenvalue weighted by atomic mass is 10.1. The van der Waals surface area contributed by atoms with Crippen molar-refractivity contribution in [1.82, 2.24) is 0 Å². The zero-order valence-corrected chi connectivity index (χ0v) is 10.4. The molecule has 0 saturated carbocycles. The zero-order chi connectivity index (χ0) is 12.7. The van der Waals surface area contributed by atoms with Crippen LogP contribution in [0.1, 0.15) is 18.9 Å². The number of carbonyl (C=O) groups is 1. The smallest absolute Gasteiger partial charge is 0.308 e. The lowest BCUT2D eigenvalue weighted by Gasteiger charge is -2.08. The molecule has 1 aromatic rings. The third-order valence-corrected chi connectivity index (χ3v) is 2.45. The van der Waals surface area contributed by atoms with Crippen molar-refractivity contribution in [2.24, 2.45) is 0 Å². The van der Waals surface area contributed by atoms with Gasteiger partial charge in [0.2, 0.25) is 0 Å². The average Bonchev–Trinajstić information content (AvgIpc) is 2.30. The molecule has 92 valence electrons. The number of aliphatic hydroxyl groups is 1. The van der Waals surface area contributed by atoms with E-state index in [-0.39, 0.29) is 11.5 Å². The Morgan fingerprint density at radius 2 is 2.12 bits per heavy atom. The van der Waals surface area contributed by atoms with Crippen molar-refractivity contribution in [2.75, 3.05) is 6.61 Å². The van der Waals surface area contributed by atoms with E-state index in [0.29, 0.717) is 6.61 Å². The van der Waals surface area contributed by atoms with Crippen LogP contribution in [0.15, 0.2) is 35.4 Å². The summed E-state index contributed by atoms with van der Waals surface area (Å²) in [6, 6.07) is 9.35. The molecule has 3 nitrogen and oxygen atoms in total. The van der Waals surface area contributed by atoms with Gasteiger partial charge in [0, 0.05) is 5.03 Å². The Bertz CT molecular complexity index is 387. The van der Waals surface area contributed by atoms with Gasteiger partial charge in [-0.1, -0.05) is 41.9 Å². The molecular weight excluding hydrogens is 240 g/mol. The Hall–Kier alpha value is -1.32. The predicted octanol–water partition coefficient (Wildman–Crippen LogP) is 2.58. The number of halogens is 1. The summed E-state index contributed by atoms with van der Waals surface area (Å²) < 4.78 is 4.73. The number of hydrogen-bond acceptors (Lipinski definition) is 3. The summed E-state index contributed by atoms with van der Waals surface area (Å²) in [6.45, 7) is 2.01. The Morgan fingerprint density at radius 1 is 1.47 bits per heavy atom. The highest BCUT2D eigenvalue weighted by atomic mass is 35.5. The van der Waals surface area contributed by atoms with Crippen LogP contribution in [-0.4, -0.2) is 23.8 Å². The molecule has 0 radical (unpaired) electrons. The van der Waals surface area contributed by atoms with Crippen LogP contribution in [0.25, 0.3) is 6.08 Å². The molecule has 1 N–H and O–H groups in total. The van der Waals surface area contributed by atoms with Crippen LogP contribution in [0.5, 0.6) is 0 Å². The number of carbonyl (C=O) groups excluding carboxylic acids is 1. The van der Waals surface area contributed by atoms with Gasteiger partial charge in [-0.15, -0.1) is 0 Å². The highest BCUT2D eigenvalue weighted by molar-refractivity contribution is 6.32. The SMILES string of the molecule is CCOC(=O)C[C@@H](O)/C(Cl)=C/c1ccccc1. The minimum absolute atomic E-state index is 0.129. The molecule has 0 unspecified atom stereocenters. The molecule has 0 aliphatic rings. The van der Waals surface area contributed by atoms with E-state index in [1.807, 2.05) is 30.3 Å². The molecule has 1 rings (SSSR count). The first-order valence-electron chi connectivity index (χ1n) is 5.39. The van der Waals surface area contributed by atoms with E-state index in [4.69, 9.17) is 16.3 Å². The van der Waals surface area contributed by atoms with Crippen molar-refractivity contribution < 1.29 is 14.6 Å². The molecular formula is C13H15ClO3. The van der Waals surface area contributed by atoms with Gasteiger partial charge in [0.05, 0.1) is 19.1 Å². The summed E-state index contributed by atoms with van der Waals surface area (Å²) in [6.07, 6.45) is 0.484. The minimum Gasteiger partial charge on any atom is -0.466 e. The van der Waals surface area contributed by atoms with Crippen LogP contribution in [0.2, 0.25) is 0 Å². The van der Waals surface area contributed by atoms with Gasteiger partial charge in [0.15, 0.2) is 0 Å². The maximum absolute atomic E-state index is 11.1. The van der Waals surface area contributed by atoms with Crippen LogP contribution in [0.4, 0.5) is 0 Å². The van der Waals surface area contributed by atoms with Gasteiger partial charge < -0.3 is 9.84 Å². The van der Waals surface area contributed by atoms with Crippen LogP contribution in [0.3, 0.4) is 0 Å². The van der Waals surface area contributed by atoms with Gasteiger partial charge in [-0.05, 0) is 18.6 Å². The number of esters is 1. The fraction of sp³-hybridized carbons (Fsp3) is 0.308. The molecule has 1 aromatic carbocycles. The summed E-state index contributed by atoms with van der Waals surface area (Å²) in [5.41, 5.74) is 0.875. The van der Waals surface area contributed by atoms with Crippen LogP contribution >= 0.6 is 11.6 Å². The number of rotatable bonds is 5. The average molecular weight is 255 g/mol. The first-order chi connectivity index (χ1) is 8.13. The van der Waals surface area contributed by atoms with E-state index in [9.17, 15) is 9.90 Å². The van der Waals surface area contributed by atoms with Crippen molar-refractivity contribution in [2.45, 2.75) is 19.4 Å². The molecule has 0 saturated heterocycles. The van der Waals surface area contributed by atoms with E-state index in [0.717, 1.165) is 5.56 Å². The van der Waals surface area contributed by atoms with E-state index in [1.165, 1.54) is 0 Å². The number of hydrogen-bond donors (Lipinski definition) is 1. The third kappa shape index (κ3) is 5.02. The Labute approximate surface area is 106 Å².